The third-order valence-corrected chi connectivity index (χ3v) is 4.70. The van der Waals surface area contributed by atoms with Crippen LogP contribution in [0.5, 0.6) is 17.2 Å². The van der Waals surface area contributed by atoms with Crippen molar-refractivity contribution in [3.63, 3.8) is 0 Å². The molecule has 1 aromatic rings. The Hall–Kier alpha value is -1.13. The number of halogens is 1. The van der Waals surface area contributed by atoms with Crippen molar-refractivity contribution in [1.82, 2.24) is 0 Å². The number of nitrogens with two attached hydrogens (primary N) is 1. The standard InChI is InChI=1S/C15H22ClNO3/c1-19-11-8-10(18)13(16)12(14(11)20-2)15(9-17)6-4-3-5-7-15/h8,18H,3-7,9,17H2,1-2H3. The number of phenols is 1. The molecule has 5 heteroatoms. The lowest BCUT2D eigenvalue weighted by atomic mass is 9.69. The fourth-order valence-corrected chi connectivity index (χ4v) is 3.56. The van der Waals surface area contributed by atoms with Gasteiger partial charge in [0.2, 0.25) is 0 Å². The molecule has 20 heavy (non-hydrogen) atoms. The van der Waals surface area contributed by atoms with Gasteiger partial charge in [0.25, 0.3) is 0 Å². The largest absolute Gasteiger partial charge is 0.506 e. The van der Waals surface area contributed by atoms with E-state index in [-0.39, 0.29) is 11.2 Å². The van der Waals surface area contributed by atoms with Crippen LogP contribution in [0.15, 0.2) is 6.07 Å². The number of methoxy groups -OCH3 is 2. The predicted octanol–water partition coefficient (Wildman–Crippen LogP) is 3.22. The van der Waals surface area contributed by atoms with E-state index in [9.17, 15) is 5.11 Å². The van der Waals surface area contributed by atoms with Gasteiger partial charge in [-0.15, -0.1) is 0 Å². The quantitative estimate of drug-likeness (QED) is 0.896. The molecular formula is C15H22ClNO3. The summed E-state index contributed by atoms with van der Waals surface area (Å²) in [5.74, 6) is 1.09. The van der Waals surface area contributed by atoms with Gasteiger partial charge in [0.1, 0.15) is 5.75 Å². The van der Waals surface area contributed by atoms with Crippen LogP contribution in [0, 0.1) is 0 Å². The monoisotopic (exact) mass is 299 g/mol. The first kappa shape index (κ1) is 15.3. The van der Waals surface area contributed by atoms with Crippen molar-refractivity contribution >= 4 is 11.6 Å². The number of rotatable bonds is 4. The van der Waals surface area contributed by atoms with Crippen LogP contribution >= 0.6 is 11.6 Å². The molecule has 0 saturated heterocycles. The zero-order valence-electron chi connectivity index (χ0n) is 12.0. The summed E-state index contributed by atoms with van der Waals surface area (Å²) >= 11 is 6.37. The van der Waals surface area contributed by atoms with E-state index in [1.54, 1.807) is 14.2 Å². The minimum Gasteiger partial charge on any atom is -0.506 e. The summed E-state index contributed by atoms with van der Waals surface area (Å²) in [7, 11) is 3.13. The summed E-state index contributed by atoms with van der Waals surface area (Å²) in [4.78, 5) is 0. The van der Waals surface area contributed by atoms with Crippen LogP contribution in [0.4, 0.5) is 0 Å². The Morgan fingerprint density at radius 1 is 1.25 bits per heavy atom. The number of hydrogen-bond acceptors (Lipinski definition) is 4. The Labute approximate surface area is 124 Å². The summed E-state index contributed by atoms with van der Waals surface area (Å²) < 4.78 is 10.8. The lowest BCUT2D eigenvalue weighted by molar-refractivity contribution is 0.279. The van der Waals surface area contributed by atoms with Gasteiger partial charge in [0.05, 0.1) is 19.2 Å². The Bertz CT molecular complexity index is 484. The SMILES string of the molecule is COc1cc(O)c(Cl)c(C2(CN)CCCCC2)c1OC. The second-order valence-corrected chi connectivity index (χ2v) is 5.74. The number of benzene rings is 1. The Kier molecular flexibility index (Phi) is 4.66. The van der Waals surface area contributed by atoms with E-state index in [0.717, 1.165) is 31.2 Å². The maximum Gasteiger partial charge on any atom is 0.166 e. The van der Waals surface area contributed by atoms with Gasteiger partial charge in [0.15, 0.2) is 11.5 Å². The van der Waals surface area contributed by atoms with E-state index in [1.807, 2.05) is 0 Å². The molecule has 0 atom stereocenters. The minimum atomic E-state index is -0.243. The average Bonchev–Trinajstić information content (AvgIpc) is 2.49. The molecule has 1 aliphatic rings. The first-order valence-corrected chi connectivity index (χ1v) is 7.31. The van der Waals surface area contributed by atoms with E-state index < -0.39 is 0 Å². The van der Waals surface area contributed by atoms with E-state index in [4.69, 9.17) is 26.8 Å². The highest BCUT2D eigenvalue weighted by atomic mass is 35.5. The number of phenolic OH excluding ortho intramolecular Hbond substituents is 1. The predicted molar refractivity (Wildman–Crippen MR) is 80.0 cm³/mol. The molecule has 0 heterocycles. The van der Waals surface area contributed by atoms with Crippen molar-refractivity contribution < 1.29 is 14.6 Å². The van der Waals surface area contributed by atoms with E-state index >= 15 is 0 Å². The second kappa shape index (κ2) is 6.10. The molecule has 0 unspecified atom stereocenters. The fourth-order valence-electron chi connectivity index (χ4n) is 3.22. The number of aromatic hydroxyl groups is 1. The summed E-state index contributed by atoms with van der Waals surface area (Å²) in [6.45, 7) is 0.482. The smallest absolute Gasteiger partial charge is 0.166 e. The molecule has 2 rings (SSSR count). The molecule has 0 spiro atoms. The van der Waals surface area contributed by atoms with Crippen molar-refractivity contribution in [2.75, 3.05) is 20.8 Å². The number of hydrogen-bond donors (Lipinski definition) is 2. The van der Waals surface area contributed by atoms with Gasteiger partial charge in [-0.2, -0.15) is 0 Å². The Morgan fingerprint density at radius 2 is 1.90 bits per heavy atom. The van der Waals surface area contributed by atoms with Crippen LogP contribution in [0.3, 0.4) is 0 Å². The fraction of sp³-hybridized carbons (Fsp3) is 0.600. The molecule has 0 aromatic heterocycles. The van der Waals surface area contributed by atoms with Crippen LogP contribution in [-0.4, -0.2) is 25.9 Å². The topological polar surface area (TPSA) is 64.7 Å². The van der Waals surface area contributed by atoms with Crippen molar-refractivity contribution in [2.45, 2.75) is 37.5 Å². The van der Waals surface area contributed by atoms with Crippen LogP contribution in [0.25, 0.3) is 0 Å². The molecule has 0 aliphatic heterocycles. The summed E-state index contributed by atoms with van der Waals surface area (Å²) in [5.41, 5.74) is 6.62. The van der Waals surface area contributed by atoms with Crippen molar-refractivity contribution in [2.24, 2.45) is 5.73 Å². The van der Waals surface area contributed by atoms with E-state index in [0.29, 0.717) is 23.1 Å². The van der Waals surface area contributed by atoms with Crippen molar-refractivity contribution in [3.05, 3.63) is 16.7 Å². The Balaban J connectivity index is 2.66. The number of ether oxygens (including phenoxy) is 2. The lowest BCUT2D eigenvalue weighted by Crippen LogP contribution is -2.37. The molecule has 112 valence electrons. The maximum atomic E-state index is 10.1. The zero-order chi connectivity index (χ0) is 14.8. The second-order valence-electron chi connectivity index (χ2n) is 5.37. The highest BCUT2D eigenvalue weighted by molar-refractivity contribution is 6.33. The molecule has 4 nitrogen and oxygen atoms in total. The van der Waals surface area contributed by atoms with E-state index in [1.165, 1.54) is 12.5 Å². The molecule has 0 amide bonds. The summed E-state index contributed by atoms with van der Waals surface area (Å²) in [6.07, 6.45) is 5.32. The van der Waals surface area contributed by atoms with Crippen LogP contribution in [0.1, 0.15) is 37.7 Å². The van der Waals surface area contributed by atoms with Gasteiger partial charge in [0, 0.05) is 23.6 Å². The molecule has 1 fully saturated rings. The molecular weight excluding hydrogens is 278 g/mol. The lowest BCUT2D eigenvalue weighted by Gasteiger charge is -2.38. The van der Waals surface area contributed by atoms with Crippen molar-refractivity contribution in [1.29, 1.82) is 0 Å². The van der Waals surface area contributed by atoms with Gasteiger partial charge in [-0.3, -0.25) is 0 Å². The zero-order valence-corrected chi connectivity index (χ0v) is 12.8. The maximum absolute atomic E-state index is 10.1. The molecule has 1 aromatic carbocycles. The highest BCUT2D eigenvalue weighted by Crippen LogP contribution is 2.51. The van der Waals surface area contributed by atoms with Gasteiger partial charge in [-0.1, -0.05) is 30.9 Å². The molecule has 1 aliphatic carbocycles. The molecule has 3 N–H and O–H groups in total. The first-order chi connectivity index (χ1) is 9.59. The van der Waals surface area contributed by atoms with Gasteiger partial charge in [-0.25, -0.2) is 0 Å². The van der Waals surface area contributed by atoms with Crippen LogP contribution < -0.4 is 15.2 Å². The highest BCUT2D eigenvalue weighted by Gasteiger charge is 2.39. The molecule has 0 radical (unpaired) electrons. The summed E-state index contributed by atoms with van der Waals surface area (Å²) in [6, 6.07) is 1.48. The third kappa shape index (κ3) is 2.42. The minimum absolute atomic E-state index is 0.0118. The van der Waals surface area contributed by atoms with E-state index in [2.05, 4.69) is 0 Å². The summed E-state index contributed by atoms with van der Waals surface area (Å²) in [5, 5.41) is 10.4. The van der Waals surface area contributed by atoms with Gasteiger partial charge in [-0.05, 0) is 12.8 Å². The first-order valence-electron chi connectivity index (χ1n) is 6.93. The van der Waals surface area contributed by atoms with Crippen LogP contribution in [-0.2, 0) is 5.41 Å². The molecule has 1 saturated carbocycles. The third-order valence-electron chi connectivity index (χ3n) is 4.32. The van der Waals surface area contributed by atoms with Crippen LogP contribution in [0.2, 0.25) is 5.02 Å². The normalized spacial score (nSPS) is 17.8. The van der Waals surface area contributed by atoms with Crippen molar-refractivity contribution in [3.8, 4) is 17.2 Å². The van der Waals surface area contributed by atoms with Gasteiger partial charge < -0.3 is 20.3 Å². The average molecular weight is 300 g/mol. The molecule has 0 bridgehead atoms. The van der Waals surface area contributed by atoms with Gasteiger partial charge >= 0.3 is 0 Å². The Morgan fingerprint density at radius 3 is 2.40 bits per heavy atom.